The molecular formula is C15H13ClN2. The summed E-state index contributed by atoms with van der Waals surface area (Å²) in [6.45, 7) is 0.870. The molecule has 0 unspecified atom stereocenters. The van der Waals surface area contributed by atoms with Crippen molar-refractivity contribution in [2.24, 2.45) is 0 Å². The highest BCUT2D eigenvalue weighted by Crippen LogP contribution is 2.24. The fraction of sp³-hybridized carbons (Fsp3) is 0.133. The summed E-state index contributed by atoms with van der Waals surface area (Å²) in [6, 6.07) is 7.79. The Morgan fingerprint density at radius 1 is 1.28 bits per heavy atom. The van der Waals surface area contributed by atoms with Gasteiger partial charge in [-0.15, -0.1) is 0 Å². The molecule has 1 aliphatic rings. The summed E-state index contributed by atoms with van der Waals surface area (Å²) in [4.78, 5) is 4.33. The first-order chi connectivity index (χ1) is 8.83. The van der Waals surface area contributed by atoms with Gasteiger partial charge in [0.1, 0.15) is 0 Å². The smallest absolute Gasteiger partial charge is 0.0737 e. The predicted molar refractivity (Wildman–Crippen MR) is 77.1 cm³/mol. The molecule has 1 aromatic carbocycles. The molecule has 0 atom stereocenters. The first-order valence-electron chi connectivity index (χ1n) is 5.96. The quantitative estimate of drug-likeness (QED) is 0.891. The van der Waals surface area contributed by atoms with Crippen LogP contribution in [0.1, 0.15) is 6.42 Å². The molecule has 2 nitrogen and oxygen atoms in total. The molecule has 3 rings (SSSR count). The lowest BCUT2D eigenvalue weighted by Crippen LogP contribution is -2.04. The summed E-state index contributed by atoms with van der Waals surface area (Å²) in [5, 5.41) is 5.28. The fourth-order valence-electron chi connectivity index (χ4n) is 2.11. The van der Waals surface area contributed by atoms with E-state index in [1.807, 2.05) is 30.5 Å². The van der Waals surface area contributed by atoms with Gasteiger partial charge < -0.3 is 5.32 Å². The van der Waals surface area contributed by atoms with Crippen LogP contribution in [0.5, 0.6) is 0 Å². The third-order valence-electron chi connectivity index (χ3n) is 3.06. The van der Waals surface area contributed by atoms with Crippen molar-refractivity contribution in [1.29, 1.82) is 0 Å². The molecule has 0 saturated carbocycles. The first-order valence-corrected chi connectivity index (χ1v) is 6.33. The average Bonchev–Trinajstić information content (AvgIpc) is 2.89. The lowest BCUT2D eigenvalue weighted by molar-refractivity contribution is 1.14. The minimum absolute atomic E-state index is 0.717. The summed E-state index contributed by atoms with van der Waals surface area (Å²) in [5.74, 6) is 0. The normalized spacial score (nSPS) is 13.9. The van der Waals surface area contributed by atoms with Gasteiger partial charge in [-0.25, -0.2) is 0 Å². The number of aromatic nitrogens is 1. The van der Waals surface area contributed by atoms with Crippen LogP contribution in [0.2, 0.25) is 5.02 Å². The van der Waals surface area contributed by atoms with E-state index in [0.29, 0.717) is 0 Å². The van der Waals surface area contributed by atoms with Crippen molar-refractivity contribution < 1.29 is 0 Å². The van der Waals surface area contributed by atoms with Crippen LogP contribution in [-0.2, 0) is 0 Å². The highest BCUT2D eigenvalue weighted by atomic mass is 35.5. The predicted octanol–water partition coefficient (Wildman–Crippen LogP) is 4.19. The van der Waals surface area contributed by atoms with Gasteiger partial charge in [-0.2, -0.15) is 0 Å². The number of fused-ring (bicyclic) bond motifs is 1. The van der Waals surface area contributed by atoms with Crippen molar-refractivity contribution in [1.82, 2.24) is 4.98 Å². The zero-order valence-corrected chi connectivity index (χ0v) is 10.6. The summed E-state index contributed by atoms with van der Waals surface area (Å²) >= 11 is 5.97. The molecule has 18 heavy (non-hydrogen) atoms. The second-order valence-corrected chi connectivity index (χ2v) is 4.77. The molecule has 1 aliphatic carbocycles. The minimum Gasteiger partial charge on any atom is -0.381 e. The van der Waals surface area contributed by atoms with Gasteiger partial charge in [-0.1, -0.05) is 29.8 Å². The van der Waals surface area contributed by atoms with E-state index in [4.69, 9.17) is 11.6 Å². The Morgan fingerprint density at radius 3 is 3.06 bits per heavy atom. The lowest BCUT2D eigenvalue weighted by atomic mass is 10.1. The summed E-state index contributed by atoms with van der Waals surface area (Å²) in [6.07, 6.45) is 9.28. The van der Waals surface area contributed by atoms with Crippen molar-refractivity contribution in [3.63, 3.8) is 0 Å². The van der Waals surface area contributed by atoms with Gasteiger partial charge in [-0.3, -0.25) is 4.98 Å². The van der Waals surface area contributed by atoms with E-state index < -0.39 is 0 Å². The number of rotatable bonds is 3. The molecule has 0 spiro atoms. The van der Waals surface area contributed by atoms with Gasteiger partial charge in [0.2, 0.25) is 0 Å². The molecule has 1 aromatic heterocycles. The zero-order chi connectivity index (χ0) is 12.4. The van der Waals surface area contributed by atoms with Crippen LogP contribution in [0.15, 0.2) is 54.3 Å². The lowest BCUT2D eigenvalue weighted by Gasteiger charge is -2.10. The third kappa shape index (κ3) is 2.24. The minimum atomic E-state index is 0.717. The highest BCUT2D eigenvalue weighted by Gasteiger charge is 2.04. The molecule has 0 amide bonds. The number of nitrogens with one attached hydrogen (secondary N) is 1. The Hall–Kier alpha value is -1.80. The Labute approximate surface area is 111 Å². The van der Waals surface area contributed by atoms with Crippen LogP contribution >= 0.6 is 11.6 Å². The molecule has 90 valence electrons. The molecule has 3 heteroatoms. The number of nitrogens with zero attached hydrogens (tertiary/aromatic N) is 1. The Balaban J connectivity index is 1.87. The van der Waals surface area contributed by atoms with Crippen LogP contribution in [0, 0.1) is 0 Å². The van der Waals surface area contributed by atoms with E-state index in [0.717, 1.165) is 34.6 Å². The molecule has 0 radical (unpaired) electrons. The van der Waals surface area contributed by atoms with Crippen LogP contribution in [0.4, 0.5) is 5.69 Å². The Morgan fingerprint density at radius 2 is 2.22 bits per heavy atom. The number of hydrogen-bond acceptors (Lipinski definition) is 2. The van der Waals surface area contributed by atoms with E-state index in [2.05, 4.69) is 28.5 Å². The number of anilines is 1. The highest BCUT2D eigenvalue weighted by molar-refractivity contribution is 6.31. The summed E-state index contributed by atoms with van der Waals surface area (Å²) in [7, 11) is 0. The van der Waals surface area contributed by atoms with Gasteiger partial charge >= 0.3 is 0 Å². The van der Waals surface area contributed by atoms with Crippen molar-refractivity contribution in [3.8, 4) is 0 Å². The molecule has 0 aliphatic heterocycles. The standard InChI is InChI=1S/C15H13ClN2/c16-12-5-6-13-14(7-8-17-15(13)9-12)18-10-11-3-1-2-4-11/h1-3,5-9H,4,10H2,(H,17,18). The number of hydrogen-bond donors (Lipinski definition) is 1. The van der Waals surface area contributed by atoms with Crippen LogP contribution in [0.25, 0.3) is 10.9 Å². The molecule has 0 fully saturated rings. The van der Waals surface area contributed by atoms with Crippen molar-refractivity contribution in [2.45, 2.75) is 6.42 Å². The topological polar surface area (TPSA) is 24.9 Å². The monoisotopic (exact) mass is 256 g/mol. The third-order valence-corrected chi connectivity index (χ3v) is 3.29. The van der Waals surface area contributed by atoms with Crippen LogP contribution in [-0.4, -0.2) is 11.5 Å². The van der Waals surface area contributed by atoms with Crippen molar-refractivity contribution in [3.05, 3.63) is 59.3 Å². The van der Waals surface area contributed by atoms with Gasteiger partial charge in [0.15, 0.2) is 0 Å². The fourth-order valence-corrected chi connectivity index (χ4v) is 2.27. The maximum Gasteiger partial charge on any atom is 0.0737 e. The molecule has 1 heterocycles. The molecule has 0 bridgehead atoms. The zero-order valence-electron chi connectivity index (χ0n) is 9.86. The van der Waals surface area contributed by atoms with E-state index >= 15 is 0 Å². The second kappa shape index (κ2) is 4.83. The van der Waals surface area contributed by atoms with Crippen LogP contribution in [0.3, 0.4) is 0 Å². The van der Waals surface area contributed by atoms with E-state index in [1.54, 1.807) is 0 Å². The molecule has 2 aromatic rings. The maximum atomic E-state index is 5.97. The van der Waals surface area contributed by atoms with Crippen molar-refractivity contribution in [2.75, 3.05) is 11.9 Å². The molecule has 0 saturated heterocycles. The Kier molecular flexibility index (Phi) is 3.03. The number of pyridine rings is 1. The van der Waals surface area contributed by atoms with Crippen LogP contribution < -0.4 is 5.32 Å². The largest absolute Gasteiger partial charge is 0.381 e. The number of halogens is 1. The van der Waals surface area contributed by atoms with E-state index in [-0.39, 0.29) is 0 Å². The van der Waals surface area contributed by atoms with E-state index in [9.17, 15) is 0 Å². The average molecular weight is 257 g/mol. The number of benzene rings is 1. The summed E-state index contributed by atoms with van der Waals surface area (Å²) in [5.41, 5.74) is 3.42. The Bertz CT molecular complexity index is 644. The number of allylic oxidation sites excluding steroid dienone is 3. The van der Waals surface area contributed by atoms with Crippen molar-refractivity contribution >= 4 is 28.2 Å². The second-order valence-electron chi connectivity index (χ2n) is 4.33. The van der Waals surface area contributed by atoms with E-state index in [1.165, 1.54) is 5.57 Å². The van der Waals surface area contributed by atoms with Gasteiger partial charge in [-0.05, 0) is 36.3 Å². The van der Waals surface area contributed by atoms with Gasteiger partial charge in [0.25, 0.3) is 0 Å². The summed E-state index contributed by atoms with van der Waals surface area (Å²) < 4.78 is 0. The molecule has 1 N–H and O–H groups in total. The maximum absolute atomic E-state index is 5.97. The van der Waals surface area contributed by atoms with Gasteiger partial charge in [0.05, 0.1) is 5.52 Å². The first kappa shape index (κ1) is 11.3. The SMILES string of the molecule is Clc1ccc2c(NCC3=CC=CC3)ccnc2c1. The van der Waals surface area contributed by atoms with Gasteiger partial charge in [0, 0.05) is 28.8 Å². The molecular weight excluding hydrogens is 244 g/mol.